The molecule has 0 amide bonds. The molecular formula is C8H10O3. The topological polar surface area (TPSA) is 53.6 Å². The summed E-state index contributed by atoms with van der Waals surface area (Å²) in [4.78, 5) is 0. The number of fused-ring (bicyclic) bond motifs is 1. The molecule has 1 aliphatic rings. The van der Waals surface area contributed by atoms with Crippen molar-refractivity contribution < 1.29 is 14.6 Å². The van der Waals surface area contributed by atoms with Gasteiger partial charge < -0.3 is 14.6 Å². The average Bonchev–Trinajstić information content (AvgIpc) is 2.45. The van der Waals surface area contributed by atoms with Gasteiger partial charge >= 0.3 is 0 Å². The fourth-order valence-electron chi connectivity index (χ4n) is 1.45. The monoisotopic (exact) mass is 154 g/mol. The van der Waals surface area contributed by atoms with Gasteiger partial charge in [-0.15, -0.1) is 0 Å². The Morgan fingerprint density at radius 1 is 1.45 bits per heavy atom. The van der Waals surface area contributed by atoms with Gasteiger partial charge in [0, 0.05) is 0 Å². The Morgan fingerprint density at radius 3 is 3.09 bits per heavy atom. The zero-order chi connectivity index (χ0) is 7.84. The molecule has 0 radical (unpaired) electrons. The summed E-state index contributed by atoms with van der Waals surface area (Å²) in [6, 6.07) is 1.84. The van der Waals surface area contributed by atoms with Crippen molar-refractivity contribution >= 4 is 0 Å². The number of rotatable bonds is 0. The maximum absolute atomic E-state index is 9.38. The zero-order valence-corrected chi connectivity index (χ0v) is 6.03. The van der Waals surface area contributed by atoms with E-state index in [1.807, 2.05) is 6.07 Å². The fraction of sp³-hybridized carbons (Fsp3) is 0.500. The largest absolute Gasteiger partial charge is 0.466 e. The highest BCUT2D eigenvalue weighted by Gasteiger charge is 2.28. The van der Waals surface area contributed by atoms with Crippen LogP contribution in [0.15, 0.2) is 16.7 Å². The molecule has 0 fully saturated rings. The lowest BCUT2D eigenvalue weighted by molar-refractivity contribution is -0.00671. The summed E-state index contributed by atoms with van der Waals surface area (Å²) in [5.74, 6) is 0.531. The van der Waals surface area contributed by atoms with Gasteiger partial charge in [-0.1, -0.05) is 0 Å². The number of aliphatic hydroxyl groups is 2. The third kappa shape index (κ3) is 0.968. The van der Waals surface area contributed by atoms with E-state index >= 15 is 0 Å². The lowest BCUT2D eigenvalue weighted by Crippen LogP contribution is -2.23. The molecule has 1 aromatic rings. The van der Waals surface area contributed by atoms with Gasteiger partial charge in [0.2, 0.25) is 0 Å². The second kappa shape index (κ2) is 2.36. The van der Waals surface area contributed by atoms with E-state index in [1.54, 1.807) is 6.26 Å². The molecule has 3 nitrogen and oxygen atoms in total. The van der Waals surface area contributed by atoms with Crippen molar-refractivity contribution in [1.82, 2.24) is 0 Å². The normalized spacial score (nSPS) is 30.0. The van der Waals surface area contributed by atoms with Gasteiger partial charge in [0.15, 0.2) is 0 Å². The van der Waals surface area contributed by atoms with Crippen molar-refractivity contribution in [1.29, 1.82) is 0 Å². The highest BCUT2D eigenvalue weighted by Crippen LogP contribution is 2.30. The number of furan rings is 1. The predicted molar refractivity (Wildman–Crippen MR) is 38.0 cm³/mol. The number of aliphatic hydroxyl groups excluding tert-OH is 2. The Hall–Kier alpha value is -0.800. The van der Waals surface area contributed by atoms with E-state index in [-0.39, 0.29) is 0 Å². The van der Waals surface area contributed by atoms with Crippen molar-refractivity contribution in [2.75, 3.05) is 0 Å². The molecule has 2 atom stereocenters. The molecule has 60 valence electrons. The first-order chi connectivity index (χ1) is 5.29. The van der Waals surface area contributed by atoms with Gasteiger partial charge in [0.25, 0.3) is 0 Å². The molecule has 0 saturated carbocycles. The molecule has 1 heterocycles. The summed E-state index contributed by atoms with van der Waals surface area (Å²) in [7, 11) is 0. The third-order valence-electron chi connectivity index (χ3n) is 2.12. The lowest BCUT2D eigenvalue weighted by atomic mass is 9.94. The molecule has 0 saturated heterocycles. The van der Waals surface area contributed by atoms with E-state index in [0.29, 0.717) is 12.2 Å². The van der Waals surface area contributed by atoms with Crippen molar-refractivity contribution in [2.45, 2.75) is 25.0 Å². The second-order valence-corrected chi connectivity index (χ2v) is 2.86. The second-order valence-electron chi connectivity index (χ2n) is 2.86. The highest BCUT2D eigenvalue weighted by molar-refractivity contribution is 5.23. The van der Waals surface area contributed by atoms with E-state index in [4.69, 9.17) is 4.42 Å². The van der Waals surface area contributed by atoms with Gasteiger partial charge in [-0.3, -0.25) is 0 Å². The van der Waals surface area contributed by atoms with Gasteiger partial charge in [-0.25, -0.2) is 0 Å². The number of hydrogen-bond donors (Lipinski definition) is 2. The van der Waals surface area contributed by atoms with Gasteiger partial charge in [-0.05, 0) is 24.5 Å². The first-order valence-electron chi connectivity index (χ1n) is 3.71. The van der Waals surface area contributed by atoms with E-state index in [9.17, 15) is 10.2 Å². The van der Waals surface area contributed by atoms with Crippen LogP contribution < -0.4 is 0 Å². The Bertz CT molecular complexity index is 254. The van der Waals surface area contributed by atoms with Crippen LogP contribution in [0.4, 0.5) is 0 Å². The first kappa shape index (κ1) is 6.88. The molecule has 1 aromatic heterocycles. The molecule has 0 bridgehead atoms. The Morgan fingerprint density at radius 2 is 2.27 bits per heavy atom. The summed E-state index contributed by atoms with van der Waals surface area (Å²) in [6.07, 6.45) is 1.48. The molecule has 0 unspecified atom stereocenters. The molecule has 0 aliphatic heterocycles. The summed E-state index contributed by atoms with van der Waals surface area (Å²) in [5, 5.41) is 18.6. The maximum atomic E-state index is 9.38. The van der Waals surface area contributed by atoms with Crippen molar-refractivity contribution in [3.63, 3.8) is 0 Å². The Kier molecular flexibility index (Phi) is 1.47. The summed E-state index contributed by atoms with van der Waals surface area (Å²) < 4.78 is 5.03. The minimum atomic E-state index is -0.825. The van der Waals surface area contributed by atoms with Crippen LogP contribution in [-0.2, 0) is 6.42 Å². The minimum absolute atomic E-state index is 0.531. The maximum Gasteiger partial charge on any atom is 0.138 e. The van der Waals surface area contributed by atoms with Crippen LogP contribution in [-0.4, -0.2) is 16.3 Å². The number of aryl methyl sites for hydroxylation is 1. The van der Waals surface area contributed by atoms with Crippen LogP contribution in [0.3, 0.4) is 0 Å². The van der Waals surface area contributed by atoms with Crippen molar-refractivity contribution in [2.24, 2.45) is 0 Å². The fourth-order valence-corrected chi connectivity index (χ4v) is 1.45. The first-order valence-corrected chi connectivity index (χ1v) is 3.71. The van der Waals surface area contributed by atoms with Gasteiger partial charge in [0.05, 0.1) is 12.4 Å². The smallest absolute Gasteiger partial charge is 0.138 e. The summed E-state index contributed by atoms with van der Waals surface area (Å²) >= 11 is 0. The molecule has 3 heteroatoms. The molecule has 11 heavy (non-hydrogen) atoms. The van der Waals surface area contributed by atoms with Crippen LogP contribution in [0.5, 0.6) is 0 Å². The van der Waals surface area contributed by atoms with Crippen LogP contribution in [0.25, 0.3) is 0 Å². The SMILES string of the molecule is O[C@@H]1c2occc2CC[C@@H]1O. The van der Waals surface area contributed by atoms with Crippen LogP contribution in [0.1, 0.15) is 23.8 Å². The highest BCUT2D eigenvalue weighted by atomic mass is 16.4. The van der Waals surface area contributed by atoms with Crippen molar-refractivity contribution in [3.05, 3.63) is 23.7 Å². The van der Waals surface area contributed by atoms with E-state index < -0.39 is 12.2 Å². The molecule has 0 spiro atoms. The quantitative estimate of drug-likeness (QED) is 0.576. The van der Waals surface area contributed by atoms with E-state index in [0.717, 1.165) is 12.0 Å². The minimum Gasteiger partial charge on any atom is -0.466 e. The van der Waals surface area contributed by atoms with Crippen LogP contribution in [0, 0.1) is 0 Å². The van der Waals surface area contributed by atoms with Gasteiger partial charge in [0.1, 0.15) is 11.9 Å². The molecule has 2 rings (SSSR count). The Balaban J connectivity index is 2.38. The predicted octanol–water partition coefficient (Wildman–Crippen LogP) is 0.620. The third-order valence-corrected chi connectivity index (χ3v) is 2.12. The zero-order valence-electron chi connectivity index (χ0n) is 6.03. The van der Waals surface area contributed by atoms with Gasteiger partial charge in [-0.2, -0.15) is 0 Å². The van der Waals surface area contributed by atoms with E-state index in [2.05, 4.69) is 0 Å². The lowest BCUT2D eigenvalue weighted by Gasteiger charge is -2.21. The molecule has 2 N–H and O–H groups in total. The molecule has 1 aliphatic carbocycles. The van der Waals surface area contributed by atoms with E-state index in [1.165, 1.54) is 0 Å². The van der Waals surface area contributed by atoms with Crippen molar-refractivity contribution in [3.8, 4) is 0 Å². The number of hydrogen-bond acceptors (Lipinski definition) is 3. The van der Waals surface area contributed by atoms with Crippen LogP contribution >= 0.6 is 0 Å². The molecule has 0 aromatic carbocycles. The standard InChI is InChI=1S/C8H10O3/c9-6-2-1-5-3-4-11-8(5)7(6)10/h3-4,6-7,9-10H,1-2H2/t6-,7-/m0/s1. The Labute approximate surface area is 64.3 Å². The average molecular weight is 154 g/mol. The summed E-state index contributed by atoms with van der Waals surface area (Å²) in [6.45, 7) is 0. The van der Waals surface area contributed by atoms with Crippen LogP contribution in [0.2, 0.25) is 0 Å². The molecular weight excluding hydrogens is 144 g/mol. The summed E-state index contributed by atoms with van der Waals surface area (Å²) in [5.41, 5.74) is 1.02.